The summed E-state index contributed by atoms with van der Waals surface area (Å²) in [7, 11) is 0. The van der Waals surface area contributed by atoms with Gasteiger partial charge < -0.3 is 0 Å². The molecule has 3 aromatic rings. The number of hydrogen-bond donors (Lipinski definition) is 0. The summed E-state index contributed by atoms with van der Waals surface area (Å²) in [6, 6.07) is 19.8. The molecule has 0 unspecified atom stereocenters. The zero-order chi connectivity index (χ0) is 21.0. The zero-order valence-electron chi connectivity index (χ0n) is 18.1. The first-order valence-electron chi connectivity index (χ1n) is 11.5. The maximum Gasteiger partial charge on any atom is 0.0720 e. The third-order valence-corrected chi connectivity index (χ3v) is 7.15. The molecule has 2 aliphatic rings. The molecule has 1 aromatic heterocycles. The zero-order valence-corrected chi connectivity index (χ0v) is 18.8. The molecule has 0 saturated carbocycles. The maximum atomic E-state index is 6.14. The van der Waals surface area contributed by atoms with E-state index in [1.54, 1.807) is 0 Å². The quantitative estimate of drug-likeness (QED) is 0.582. The Morgan fingerprint density at radius 2 is 1.55 bits per heavy atom. The minimum atomic E-state index is 0.739. The third-order valence-electron chi connectivity index (χ3n) is 6.92. The number of rotatable bonds is 5. The molecule has 5 heteroatoms. The van der Waals surface area contributed by atoms with Crippen molar-refractivity contribution in [2.24, 2.45) is 0 Å². The second kappa shape index (κ2) is 9.66. The van der Waals surface area contributed by atoms with Crippen molar-refractivity contribution in [2.45, 2.75) is 32.0 Å². The number of aromatic nitrogens is 1. The Morgan fingerprint density at radius 1 is 0.806 bits per heavy atom. The predicted octanol–water partition coefficient (Wildman–Crippen LogP) is 4.67. The smallest absolute Gasteiger partial charge is 0.0720 e. The second-order valence-electron chi connectivity index (χ2n) is 8.94. The van der Waals surface area contributed by atoms with Gasteiger partial charge in [-0.3, -0.25) is 19.7 Å². The standard InChI is InChI=1S/C26H31ClN4/c27-23-6-7-25-22(8-11-28-26(25)18-23)20-29-12-9-24(10-13-29)31-16-14-30(15-17-31)19-21-4-2-1-3-5-21/h1-8,11,18,24H,9-10,12-17,19-20H2. The minimum Gasteiger partial charge on any atom is -0.299 e. The molecule has 0 spiro atoms. The topological polar surface area (TPSA) is 22.6 Å². The average molecular weight is 435 g/mol. The number of fused-ring (bicyclic) bond motifs is 1. The largest absolute Gasteiger partial charge is 0.299 e. The van der Waals surface area contributed by atoms with Crippen molar-refractivity contribution in [3.8, 4) is 0 Å². The Morgan fingerprint density at radius 3 is 2.32 bits per heavy atom. The van der Waals surface area contributed by atoms with Crippen molar-refractivity contribution in [3.63, 3.8) is 0 Å². The normalized spacial score (nSPS) is 19.8. The summed E-state index contributed by atoms with van der Waals surface area (Å²) < 4.78 is 0. The van der Waals surface area contributed by atoms with Crippen molar-refractivity contribution in [1.82, 2.24) is 19.7 Å². The van der Waals surface area contributed by atoms with Crippen molar-refractivity contribution in [3.05, 3.63) is 76.9 Å². The van der Waals surface area contributed by atoms with Crippen LogP contribution in [0.15, 0.2) is 60.8 Å². The molecule has 162 valence electrons. The SMILES string of the molecule is Clc1ccc2c(CN3CCC(N4CCN(Cc5ccccc5)CC4)CC3)ccnc2c1. The molecule has 0 bridgehead atoms. The van der Waals surface area contributed by atoms with Crippen LogP contribution >= 0.6 is 11.6 Å². The lowest BCUT2D eigenvalue weighted by Crippen LogP contribution is -2.52. The fourth-order valence-corrected chi connectivity index (χ4v) is 5.30. The van der Waals surface area contributed by atoms with E-state index in [1.807, 2.05) is 18.3 Å². The molecule has 5 rings (SSSR count). The molecule has 4 nitrogen and oxygen atoms in total. The summed E-state index contributed by atoms with van der Waals surface area (Å²) in [5, 5.41) is 1.98. The summed E-state index contributed by atoms with van der Waals surface area (Å²) in [6.45, 7) is 9.19. The minimum absolute atomic E-state index is 0.739. The number of benzene rings is 2. The average Bonchev–Trinajstić information content (AvgIpc) is 2.81. The highest BCUT2D eigenvalue weighted by Gasteiger charge is 2.27. The maximum absolute atomic E-state index is 6.14. The number of nitrogens with zero attached hydrogens (tertiary/aromatic N) is 4. The van der Waals surface area contributed by atoms with Gasteiger partial charge in [0.05, 0.1) is 5.52 Å². The summed E-state index contributed by atoms with van der Waals surface area (Å²) >= 11 is 6.14. The third kappa shape index (κ3) is 5.09. The van der Waals surface area contributed by atoms with E-state index < -0.39 is 0 Å². The van der Waals surface area contributed by atoms with Gasteiger partial charge in [0.2, 0.25) is 0 Å². The van der Waals surface area contributed by atoms with Gasteiger partial charge in [-0.15, -0.1) is 0 Å². The fourth-order valence-electron chi connectivity index (χ4n) is 5.13. The van der Waals surface area contributed by atoms with Crippen LogP contribution in [-0.2, 0) is 13.1 Å². The van der Waals surface area contributed by atoms with E-state index in [-0.39, 0.29) is 0 Å². The molecule has 0 atom stereocenters. The molecule has 2 fully saturated rings. The van der Waals surface area contributed by atoms with Crippen LogP contribution in [0, 0.1) is 0 Å². The van der Waals surface area contributed by atoms with E-state index >= 15 is 0 Å². The summed E-state index contributed by atoms with van der Waals surface area (Å²) in [6.07, 6.45) is 4.46. The van der Waals surface area contributed by atoms with Crippen LogP contribution in [0.1, 0.15) is 24.0 Å². The van der Waals surface area contributed by atoms with Gasteiger partial charge in [0, 0.05) is 61.9 Å². The Hall–Kier alpha value is -1.98. The monoisotopic (exact) mass is 434 g/mol. The van der Waals surface area contributed by atoms with Crippen LogP contribution in [-0.4, -0.2) is 65.0 Å². The van der Waals surface area contributed by atoms with E-state index in [9.17, 15) is 0 Å². The van der Waals surface area contributed by atoms with Crippen LogP contribution in [0.3, 0.4) is 0 Å². The van der Waals surface area contributed by atoms with Crippen molar-refractivity contribution < 1.29 is 0 Å². The number of halogens is 1. The molecular weight excluding hydrogens is 404 g/mol. The van der Waals surface area contributed by atoms with Crippen molar-refractivity contribution in [2.75, 3.05) is 39.3 Å². The highest BCUT2D eigenvalue weighted by Crippen LogP contribution is 2.24. The van der Waals surface area contributed by atoms with Crippen molar-refractivity contribution in [1.29, 1.82) is 0 Å². The van der Waals surface area contributed by atoms with E-state index in [0.29, 0.717) is 0 Å². The number of hydrogen-bond acceptors (Lipinski definition) is 4. The molecule has 0 N–H and O–H groups in total. The molecular formula is C26H31ClN4. The molecule has 0 radical (unpaired) electrons. The van der Waals surface area contributed by atoms with Crippen LogP contribution < -0.4 is 0 Å². The van der Waals surface area contributed by atoms with E-state index in [0.717, 1.165) is 29.7 Å². The second-order valence-corrected chi connectivity index (χ2v) is 9.37. The number of pyridine rings is 1. The summed E-state index contributed by atoms with van der Waals surface area (Å²) in [4.78, 5) is 12.4. The van der Waals surface area contributed by atoms with Gasteiger partial charge in [0.15, 0.2) is 0 Å². The predicted molar refractivity (Wildman–Crippen MR) is 128 cm³/mol. The highest BCUT2D eigenvalue weighted by atomic mass is 35.5. The Labute approximate surface area is 190 Å². The van der Waals surface area contributed by atoms with Crippen LogP contribution in [0.4, 0.5) is 0 Å². The lowest BCUT2D eigenvalue weighted by Gasteiger charge is -2.43. The highest BCUT2D eigenvalue weighted by molar-refractivity contribution is 6.31. The molecule has 2 aliphatic heterocycles. The van der Waals surface area contributed by atoms with Crippen LogP contribution in [0.25, 0.3) is 10.9 Å². The van der Waals surface area contributed by atoms with Crippen molar-refractivity contribution >= 4 is 22.5 Å². The first-order chi connectivity index (χ1) is 15.2. The Balaban J connectivity index is 1.11. The first-order valence-corrected chi connectivity index (χ1v) is 11.9. The van der Waals surface area contributed by atoms with E-state index in [1.165, 1.54) is 68.6 Å². The van der Waals surface area contributed by atoms with E-state index in [2.05, 4.69) is 62.1 Å². The first kappa shape index (κ1) is 20.9. The van der Waals surface area contributed by atoms with Gasteiger partial charge >= 0.3 is 0 Å². The number of piperidine rings is 1. The van der Waals surface area contributed by atoms with Gasteiger partial charge in [-0.1, -0.05) is 48.0 Å². The molecule has 0 aliphatic carbocycles. The van der Waals surface area contributed by atoms with E-state index in [4.69, 9.17) is 11.6 Å². The van der Waals surface area contributed by atoms with Crippen LogP contribution in [0.5, 0.6) is 0 Å². The Bertz CT molecular complexity index is 993. The summed E-state index contributed by atoms with van der Waals surface area (Å²) in [5.74, 6) is 0. The molecule has 31 heavy (non-hydrogen) atoms. The van der Waals surface area contributed by atoms with Gasteiger partial charge in [0.25, 0.3) is 0 Å². The molecule has 3 heterocycles. The van der Waals surface area contributed by atoms with Gasteiger partial charge in [0.1, 0.15) is 0 Å². The summed E-state index contributed by atoms with van der Waals surface area (Å²) in [5.41, 5.74) is 3.78. The Kier molecular flexibility index (Phi) is 6.51. The van der Waals surface area contributed by atoms with Gasteiger partial charge in [-0.2, -0.15) is 0 Å². The number of likely N-dealkylation sites (tertiary alicyclic amines) is 1. The van der Waals surface area contributed by atoms with Crippen LogP contribution in [0.2, 0.25) is 5.02 Å². The number of piperazine rings is 1. The molecule has 2 aromatic carbocycles. The molecule has 0 amide bonds. The van der Waals surface area contributed by atoms with Gasteiger partial charge in [-0.25, -0.2) is 0 Å². The lowest BCUT2D eigenvalue weighted by atomic mass is 10.0. The lowest BCUT2D eigenvalue weighted by molar-refractivity contribution is 0.0551. The fraction of sp³-hybridized carbons (Fsp3) is 0.423. The van der Waals surface area contributed by atoms with Gasteiger partial charge in [-0.05, 0) is 55.3 Å². The molecule has 2 saturated heterocycles.